The van der Waals surface area contributed by atoms with Crippen molar-refractivity contribution in [2.45, 2.75) is 25.8 Å². The highest BCUT2D eigenvalue weighted by molar-refractivity contribution is 6.99. The second-order valence-corrected chi connectivity index (χ2v) is 10.3. The third-order valence-corrected chi connectivity index (χ3v) is 8.61. The normalized spacial score (nSPS) is 12.6. The summed E-state index contributed by atoms with van der Waals surface area (Å²) in [6.45, 7) is 6.47. The van der Waals surface area contributed by atoms with Crippen molar-refractivity contribution < 1.29 is 8.82 Å². The fourth-order valence-electron chi connectivity index (χ4n) is 2.82. The molecule has 0 heterocycles. The lowest BCUT2D eigenvalue weighted by atomic mass is 10.2. The zero-order valence-electron chi connectivity index (χ0n) is 12.7. The molecule has 0 saturated carbocycles. The highest BCUT2D eigenvalue weighted by atomic mass is 28.4. The van der Waals surface area contributed by atoms with Crippen LogP contribution in [0.2, 0.25) is 5.04 Å². The lowest BCUT2D eigenvalue weighted by Crippen LogP contribution is -2.65. The zero-order valence-corrected chi connectivity index (χ0v) is 13.7. The lowest BCUT2D eigenvalue weighted by molar-refractivity contribution is 0.434. The number of hydrogen-bond donors (Lipinski definition) is 0. The molecule has 0 bridgehead atoms. The monoisotopic (exact) mass is 300 g/mol. The molecule has 0 spiro atoms. The van der Waals surface area contributed by atoms with Gasteiger partial charge >= 0.3 is 8.32 Å². The van der Waals surface area contributed by atoms with Gasteiger partial charge in [0.15, 0.2) is 0 Å². The summed E-state index contributed by atoms with van der Waals surface area (Å²) < 4.78 is 18.8. The number of rotatable bonds is 4. The smallest absolute Gasteiger partial charge is 0.319 e. The van der Waals surface area contributed by atoms with Gasteiger partial charge in [0.05, 0.1) is 6.26 Å². The SMILES string of the molecule is CC(C)(C)[Si](O/C=C\F)(c1ccccc1)c1ccccc1. The molecule has 0 aromatic heterocycles. The van der Waals surface area contributed by atoms with Gasteiger partial charge in [0.1, 0.15) is 6.33 Å². The van der Waals surface area contributed by atoms with E-state index in [2.05, 4.69) is 45.0 Å². The topological polar surface area (TPSA) is 9.23 Å². The average molecular weight is 300 g/mol. The Bertz CT molecular complexity index is 548. The van der Waals surface area contributed by atoms with Crippen molar-refractivity contribution in [2.75, 3.05) is 0 Å². The fourth-order valence-corrected chi connectivity index (χ4v) is 7.09. The summed E-state index contributed by atoms with van der Waals surface area (Å²) in [4.78, 5) is 0. The van der Waals surface area contributed by atoms with Crippen molar-refractivity contribution in [2.24, 2.45) is 0 Å². The van der Waals surface area contributed by atoms with Crippen LogP contribution in [0, 0.1) is 0 Å². The van der Waals surface area contributed by atoms with Gasteiger partial charge in [-0.05, 0) is 15.4 Å². The van der Waals surface area contributed by atoms with Crippen molar-refractivity contribution in [1.82, 2.24) is 0 Å². The summed E-state index contributed by atoms with van der Waals surface area (Å²) in [5.74, 6) is 0. The van der Waals surface area contributed by atoms with Crippen molar-refractivity contribution in [3.63, 3.8) is 0 Å². The van der Waals surface area contributed by atoms with E-state index < -0.39 is 8.32 Å². The van der Waals surface area contributed by atoms with Gasteiger partial charge < -0.3 is 4.43 Å². The van der Waals surface area contributed by atoms with E-state index in [0.29, 0.717) is 6.33 Å². The molecule has 0 aliphatic heterocycles. The van der Waals surface area contributed by atoms with E-state index in [4.69, 9.17) is 4.43 Å². The highest BCUT2D eigenvalue weighted by Gasteiger charge is 2.51. The van der Waals surface area contributed by atoms with Crippen LogP contribution in [0.4, 0.5) is 4.39 Å². The first-order valence-corrected chi connectivity index (χ1v) is 8.97. The van der Waals surface area contributed by atoms with E-state index >= 15 is 0 Å². The molecule has 2 aromatic rings. The van der Waals surface area contributed by atoms with Gasteiger partial charge in [-0.25, -0.2) is 4.39 Å². The minimum atomic E-state index is -2.60. The number of hydrogen-bond acceptors (Lipinski definition) is 1. The molecule has 0 amide bonds. The van der Waals surface area contributed by atoms with Gasteiger partial charge in [-0.3, -0.25) is 0 Å². The Morgan fingerprint density at radius 1 is 0.857 bits per heavy atom. The van der Waals surface area contributed by atoms with Crippen LogP contribution in [-0.2, 0) is 4.43 Å². The van der Waals surface area contributed by atoms with Crippen molar-refractivity contribution >= 4 is 18.7 Å². The highest BCUT2D eigenvalue weighted by Crippen LogP contribution is 2.36. The van der Waals surface area contributed by atoms with Crippen molar-refractivity contribution in [3.05, 3.63) is 73.3 Å². The second kappa shape index (κ2) is 6.27. The first kappa shape index (κ1) is 15.5. The molecule has 0 radical (unpaired) electrons. The van der Waals surface area contributed by atoms with Crippen LogP contribution in [0.5, 0.6) is 0 Å². The zero-order chi connectivity index (χ0) is 15.3. The third kappa shape index (κ3) is 2.93. The number of halogens is 1. The van der Waals surface area contributed by atoms with E-state index in [1.165, 1.54) is 6.26 Å². The Labute approximate surface area is 127 Å². The quantitative estimate of drug-likeness (QED) is 0.612. The minimum Gasteiger partial charge on any atom is -0.538 e. The molecule has 0 atom stereocenters. The Morgan fingerprint density at radius 3 is 1.62 bits per heavy atom. The molecular weight excluding hydrogens is 279 g/mol. The minimum absolute atomic E-state index is 0.130. The molecule has 0 aliphatic rings. The van der Waals surface area contributed by atoms with Crippen molar-refractivity contribution in [1.29, 1.82) is 0 Å². The van der Waals surface area contributed by atoms with Gasteiger partial charge in [-0.2, -0.15) is 0 Å². The molecule has 2 rings (SSSR count). The van der Waals surface area contributed by atoms with Crippen LogP contribution in [0.1, 0.15) is 20.8 Å². The van der Waals surface area contributed by atoms with Gasteiger partial charge in [-0.1, -0.05) is 81.4 Å². The standard InChI is InChI=1S/C18H21FOSi/c1-18(2,3)21(20-15-14-19,16-10-6-4-7-11-16)17-12-8-5-9-13-17/h4-15H,1-3H3/b15-14-. The van der Waals surface area contributed by atoms with E-state index in [-0.39, 0.29) is 5.04 Å². The molecule has 0 N–H and O–H groups in total. The van der Waals surface area contributed by atoms with E-state index in [1.54, 1.807) is 0 Å². The summed E-state index contributed by atoms with van der Waals surface area (Å²) in [6.07, 6.45) is 1.66. The maximum Gasteiger partial charge on any atom is 0.319 e. The third-order valence-electron chi connectivity index (χ3n) is 3.71. The molecule has 0 fully saturated rings. The van der Waals surface area contributed by atoms with Crippen molar-refractivity contribution in [3.8, 4) is 0 Å². The molecule has 2 aromatic carbocycles. The summed E-state index contributed by atoms with van der Waals surface area (Å²) in [5.41, 5.74) is 0. The summed E-state index contributed by atoms with van der Waals surface area (Å²) >= 11 is 0. The van der Waals surface area contributed by atoms with Crippen LogP contribution >= 0.6 is 0 Å². The molecule has 0 aliphatic carbocycles. The van der Waals surface area contributed by atoms with Gasteiger partial charge in [0.2, 0.25) is 0 Å². The predicted molar refractivity (Wildman–Crippen MR) is 89.0 cm³/mol. The van der Waals surface area contributed by atoms with E-state index in [1.807, 2.05) is 36.4 Å². The molecular formula is C18H21FOSi. The average Bonchev–Trinajstić information content (AvgIpc) is 2.49. The maximum atomic E-state index is 12.7. The largest absolute Gasteiger partial charge is 0.538 e. The maximum absolute atomic E-state index is 12.7. The Morgan fingerprint density at radius 2 is 1.29 bits per heavy atom. The van der Waals surface area contributed by atoms with Crippen LogP contribution in [-0.4, -0.2) is 8.32 Å². The van der Waals surface area contributed by atoms with E-state index in [9.17, 15) is 4.39 Å². The number of benzene rings is 2. The van der Waals surface area contributed by atoms with Gasteiger partial charge in [-0.15, -0.1) is 0 Å². The molecule has 1 nitrogen and oxygen atoms in total. The predicted octanol–water partition coefficient (Wildman–Crippen LogP) is 4.00. The van der Waals surface area contributed by atoms with E-state index in [0.717, 1.165) is 10.4 Å². The van der Waals surface area contributed by atoms with Gasteiger partial charge in [0, 0.05) is 0 Å². The van der Waals surface area contributed by atoms with Gasteiger partial charge in [0.25, 0.3) is 0 Å². The fraction of sp³-hybridized carbons (Fsp3) is 0.222. The summed E-state index contributed by atoms with van der Waals surface area (Å²) in [5, 5.41) is 2.15. The van der Waals surface area contributed by atoms with Crippen LogP contribution in [0.25, 0.3) is 0 Å². The molecule has 110 valence electrons. The van der Waals surface area contributed by atoms with Crippen LogP contribution in [0.15, 0.2) is 73.3 Å². The first-order chi connectivity index (χ1) is 10.0. The Kier molecular flexibility index (Phi) is 4.63. The first-order valence-electron chi connectivity index (χ1n) is 7.06. The molecule has 0 unspecified atom stereocenters. The summed E-state index contributed by atoms with van der Waals surface area (Å²) in [7, 11) is -2.60. The van der Waals surface area contributed by atoms with Crippen LogP contribution < -0.4 is 10.4 Å². The Hall–Kier alpha value is -1.87. The van der Waals surface area contributed by atoms with Crippen LogP contribution in [0.3, 0.4) is 0 Å². The molecule has 3 heteroatoms. The summed E-state index contributed by atoms with van der Waals surface area (Å²) in [6, 6.07) is 20.3. The molecule has 0 saturated heterocycles. The molecule has 21 heavy (non-hydrogen) atoms. The second-order valence-electron chi connectivity index (χ2n) is 6.04. The Balaban J connectivity index is 2.72. The lowest BCUT2D eigenvalue weighted by Gasteiger charge is -2.41.